The number of benzene rings is 1. The molecule has 0 aliphatic rings. The second-order valence-electron chi connectivity index (χ2n) is 5.55. The van der Waals surface area contributed by atoms with Gasteiger partial charge in [0.1, 0.15) is 6.04 Å². The number of hydrogen-bond acceptors (Lipinski definition) is 5. The van der Waals surface area contributed by atoms with E-state index in [1.165, 1.54) is 0 Å². The number of hydrogen-bond donors (Lipinski definition) is 3. The maximum Gasteiger partial charge on any atom is 0.315 e. The van der Waals surface area contributed by atoms with E-state index in [9.17, 15) is 9.90 Å². The molecule has 0 fully saturated rings. The first kappa shape index (κ1) is 17.9. The molecule has 1 aromatic carbocycles. The van der Waals surface area contributed by atoms with Crippen molar-refractivity contribution >= 4 is 6.03 Å². The van der Waals surface area contributed by atoms with Crippen molar-refractivity contribution in [2.75, 3.05) is 6.61 Å². The SMILES string of the molecule is CCCc1nc(C(NC(=O)NC(CC)CO)c2ccccc2)no1. The topological polar surface area (TPSA) is 100 Å². The number of carbonyl (C=O) groups is 1. The van der Waals surface area contributed by atoms with Crippen LogP contribution in [-0.2, 0) is 6.42 Å². The fraction of sp³-hybridized carbons (Fsp3) is 0.471. The number of carbonyl (C=O) groups excluding carboxylic acids is 1. The number of aliphatic hydroxyl groups is 1. The summed E-state index contributed by atoms with van der Waals surface area (Å²) in [6.07, 6.45) is 2.24. The monoisotopic (exact) mass is 332 g/mol. The quantitative estimate of drug-likeness (QED) is 0.688. The Labute approximate surface area is 141 Å². The van der Waals surface area contributed by atoms with Crippen LogP contribution >= 0.6 is 0 Å². The van der Waals surface area contributed by atoms with Crippen LogP contribution in [0.4, 0.5) is 4.79 Å². The predicted molar refractivity (Wildman–Crippen MR) is 89.4 cm³/mol. The third kappa shape index (κ3) is 4.79. The lowest BCUT2D eigenvalue weighted by molar-refractivity contribution is 0.212. The molecule has 130 valence electrons. The van der Waals surface area contributed by atoms with Gasteiger partial charge in [-0.05, 0) is 18.4 Å². The minimum Gasteiger partial charge on any atom is -0.394 e. The van der Waals surface area contributed by atoms with Crippen molar-refractivity contribution < 1.29 is 14.4 Å². The number of rotatable bonds is 8. The summed E-state index contributed by atoms with van der Waals surface area (Å²) >= 11 is 0. The summed E-state index contributed by atoms with van der Waals surface area (Å²) in [5, 5.41) is 18.8. The van der Waals surface area contributed by atoms with Crippen LogP contribution in [-0.4, -0.2) is 33.9 Å². The Morgan fingerprint density at radius 2 is 2.00 bits per heavy atom. The first-order chi connectivity index (χ1) is 11.7. The molecule has 0 aliphatic carbocycles. The molecule has 7 heteroatoms. The largest absolute Gasteiger partial charge is 0.394 e. The minimum absolute atomic E-state index is 0.108. The lowest BCUT2D eigenvalue weighted by Crippen LogP contribution is -2.45. The lowest BCUT2D eigenvalue weighted by atomic mass is 10.1. The highest BCUT2D eigenvalue weighted by Gasteiger charge is 2.23. The van der Waals surface area contributed by atoms with Crippen LogP contribution in [0.2, 0.25) is 0 Å². The van der Waals surface area contributed by atoms with E-state index < -0.39 is 6.04 Å². The molecule has 0 radical (unpaired) electrons. The van der Waals surface area contributed by atoms with Crippen molar-refractivity contribution in [1.82, 2.24) is 20.8 Å². The number of aryl methyl sites for hydroxylation is 1. The molecule has 2 unspecified atom stereocenters. The summed E-state index contributed by atoms with van der Waals surface area (Å²) in [4.78, 5) is 16.6. The number of nitrogens with zero attached hydrogens (tertiary/aromatic N) is 2. The van der Waals surface area contributed by atoms with Gasteiger partial charge in [-0.2, -0.15) is 4.98 Å². The third-order valence-corrected chi connectivity index (χ3v) is 3.66. The molecule has 7 nitrogen and oxygen atoms in total. The van der Waals surface area contributed by atoms with Crippen LogP contribution in [0.15, 0.2) is 34.9 Å². The van der Waals surface area contributed by atoms with Crippen molar-refractivity contribution in [3.8, 4) is 0 Å². The summed E-state index contributed by atoms with van der Waals surface area (Å²) in [6.45, 7) is 3.82. The summed E-state index contributed by atoms with van der Waals surface area (Å²) < 4.78 is 5.24. The number of nitrogens with one attached hydrogen (secondary N) is 2. The molecule has 0 saturated carbocycles. The van der Waals surface area contributed by atoms with E-state index in [2.05, 4.69) is 20.8 Å². The van der Waals surface area contributed by atoms with Gasteiger partial charge >= 0.3 is 6.03 Å². The summed E-state index contributed by atoms with van der Waals surface area (Å²) in [5.74, 6) is 0.967. The molecule has 2 amide bonds. The Morgan fingerprint density at radius 3 is 2.62 bits per heavy atom. The van der Waals surface area contributed by atoms with Gasteiger partial charge in [0.15, 0.2) is 5.82 Å². The fourth-order valence-corrected chi connectivity index (χ4v) is 2.28. The van der Waals surface area contributed by atoms with E-state index in [0.717, 1.165) is 12.0 Å². The van der Waals surface area contributed by atoms with Crippen LogP contribution < -0.4 is 10.6 Å². The van der Waals surface area contributed by atoms with Gasteiger partial charge in [-0.3, -0.25) is 0 Å². The van der Waals surface area contributed by atoms with E-state index in [4.69, 9.17) is 4.52 Å². The van der Waals surface area contributed by atoms with Gasteiger partial charge in [0.25, 0.3) is 0 Å². The zero-order valence-electron chi connectivity index (χ0n) is 14.0. The molecule has 0 bridgehead atoms. The Kier molecular flexibility index (Phi) is 6.74. The van der Waals surface area contributed by atoms with E-state index in [1.807, 2.05) is 44.2 Å². The number of urea groups is 1. The molecule has 2 rings (SSSR count). The van der Waals surface area contributed by atoms with E-state index in [1.54, 1.807) is 0 Å². The highest BCUT2D eigenvalue weighted by atomic mass is 16.5. The molecule has 0 spiro atoms. The van der Waals surface area contributed by atoms with Gasteiger partial charge < -0.3 is 20.3 Å². The van der Waals surface area contributed by atoms with Gasteiger partial charge in [-0.25, -0.2) is 4.79 Å². The minimum atomic E-state index is -0.517. The molecule has 0 aliphatic heterocycles. The van der Waals surface area contributed by atoms with Crippen molar-refractivity contribution in [3.05, 3.63) is 47.6 Å². The number of aromatic nitrogens is 2. The zero-order chi connectivity index (χ0) is 17.4. The molecule has 2 aromatic rings. The number of aliphatic hydroxyl groups excluding tert-OH is 1. The molecule has 1 aromatic heterocycles. The lowest BCUT2D eigenvalue weighted by Gasteiger charge is -2.19. The maximum atomic E-state index is 12.2. The van der Waals surface area contributed by atoms with Crippen molar-refractivity contribution in [2.24, 2.45) is 0 Å². The number of amides is 2. The normalized spacial score (nSPS) is 13.3. The first-order valence-electron chi connectivity index (χ1n) is 8.23. The summed E-state index contributed by atoms with van der Waals surface area (Å²) in [7, 11) is 0. The van der Waals surface area contributed by atoms with E-state index >= 15 is 0 Å². The van der Waals surface area contributed by atoms with Gasteiger partial charge in [0.2, 0.25) is 5.89 Å². The molecular formula is C17H24N4O3. The van der Waals surface area contributed by atoms with Crippen LogP contribution in [0.5, 0.6) is 0 Å². The smallest absolute Gasteiger partial charge is 0.315 e. The fourth-order valence-electron chi connectivity index (χ4n) is 2.28. The van der Waals surface area contributed by atoms with Crippen LogP contribution in [0.3, 0.4) is 0 Å². The molecule has 0 saturated heterocycles. The summed E-state index contributed by atoms with van der Waals surface area (Å²) in [5.41, 5.74) is 0.855. The van der Waals surface area contributed by atoms with Crippen molar-refractivity contribution in [2.45, 2.75) is 45.2 Å². The Hall–Kier alpha value is -2.41. The van der Waals surface area contributed by atoms with Gasteiger partial charge in [0.05, 0.1) is 12.6 Å². The third-order valence-electron chi connectivity index (χ3n) is 3.66. The Balaban J connectivity index is 2.18. The van der Waals surface area contributed by atoms with Gasteiger partial charge in [-0.15, -0.1) is 0 Å². The Morgan fingerprint density at radius 1 is 1.25 bits per heavy atom. The average molecular weight is 332 g/mol. The zero-order valence-corrected chi connectivity index (χ0v) is 14.0. The Bertz CT molecular complexity index is 626. The van der Waals surface area contributed by atoms with E-state index in [-0.39, 0.29) is 18.7 Å². The average Bonchev–Trinajstić information content (AvgIpc) is 3.07. The molecule has 24 heavy (non-hydrogen) atoms. The standard InChI is InChI=1S/C17H24N4O3/c1-3-8-14-19-16(21-24-14)15(12-9-6-5-7-10-12)20-17(23)18-13(4-2)11-22/h5-7,9-10,13,15,22H,3-4,8,11H2,1-2H3,(H2,18,20,23). The molecule has 2 atom stereocenters. The van der Waals surface area contributed by atoms with E-state index in [0.29, 0.717) is 24.6 Å². The van der Waals surface area contributed by atoms with Crippen molar-refractivity contribution in [1.29, 1.82) is 0 Å². The predicted octanol–water partition coefficient (Wildman–Crippen LogP) is 2.18. The summed E-state index contributed by atoms with van der Waals surface area (Å²) in [6, 6.07) is 8.27. The first-order valence-corrected chi connectivity index (χ1v) is 8.23. The highest BCUT2D eigenvalue weighted by Crippen LogP contribution is 2.19. The van der Waals surface area contributed by atoms with Crippen LogP contribution in [0.1, 0.15) is 50.0 Å². The van der Waals surface area contributed by atoms with Crippen molar-refractivity contribution in [3.63, 3.8) is 0 Å². The molecule has 3 N–H and O–H groups in total. The van der Waals surface area contributed by atoms with Crippen LogP contribution in [0.25, 0.3) is 0 Å². The maximum absolute atomic E-state index is 12.2. The second-order valence-corrected chi connectivity index (χ2v) is 5.55. The highest BCUT2D eigenvalue weighted by molar-refractivity contribution is 5.75. The second kappa shape index (κ2) is 9.02. The van der Waals surface area contributed by atoms with Crippen LogP contribution in [0, 0.1) is 0 Å². The van der Waals surface area contributed by atoms with Gasteiger partial charge in [0, 0.05) is 6.42 Å². The van der Waals surface area contributed by atoms with Gasteiger partial charge in [-0.1, -0.05) is 49.3 Å². The molecular weight excluding hydrogens is 308 g/mol. The molecule has 1 heterocycles.